The SMILES string of the molecule is CNCCc1noc(-c2cc(F)cc([N+](=O)[O-])c2F)n1. The first kappa shape index (κ1) is 14.0. The first-order valence-electron chi connectivity index (χ1n) is 5.64. The van der Waals surface area contributed by atoms with Gasteiger partial charge in [-0.25, -0.2) is 4.39 Å². The Hall–Kier alpha value is -2.42. The molecule has 106 valence electrons. The van der Waals surface area contributed by atoms with Crippen molar-refractivity contribution >= 4 is 5.69 Å². The van der Waals surface area contributed by atoms with Crippen molar-refractivity contribution in [3.8, 4) is 11.5 Å². The van der Waals surface area contributed by atoms with Crippen LogP contribution in [0.4, 0.5) is 14.5 Å². The van der Waals surface area contributed by atoms with E-state index in [2.05, 4.69) is 15.5 Å². The van der Waals surface area contributed by atoms with Gasteiger partial charge >= 0.3 is 5.69 Å². The molecule has 0 aliphatic rings. The summed E-state index contributed by atoms with van der Waals surface area (Å²) in [5.41, 5.74) is -1.41. The molecule has 1 aromatic carbocycles. The van der Waals surface area contributed by atoms with Crippen LogP contribution < -0.4 is 5.32 Å². The third kappa shape index (κ3) is 2.77. The number of benzene rings is 1. The molecule has 0 spiro atoms. The quantitative estimate of drug-likeness (QED) is 0.663. The van der Waals surface area contributed by atoms with Gasteiger partial charge in [0, 0.05) is 13.0 Å². The van der Waals surface area contributed by atoms with Gasteiger partial charge in [-0.2, -0.15) is 9.37 Å². The second-order valence-electron chi connectivity index (χ2n) is 3.91. The third-order valence-corrected chi connectivity index (χ3v) is 2.51. The molecule has 0 fully saturated rings. The van der Waals surface area contributed by atoms with Crippen molar-refractivity contribution < 1.29 is 18.2 Å². The van der Waals surface area contributed by atoms with Crippen LogP contribution in [0.25, 0.3) is 11.5 Å². The third-order valence-electron chi connectivity index (χ3n) is 2.51. The Balaban J connectivity index is 2.42. The van der Waals surface area contributed by atoms with Gasteiger partial charge in [-0.3, -0.25) is 10.1 Å². The van der Waals surface area contributed by atoms with E-state index in [0.717, 1.165) is 6.07 Å². The molecule has 0 radical (unpaired) electrons. The normalized spacial score (nSPS) is 10.8. The standard InChI is InChI=1S/C11H10F2N4O3/c1-14-3-2-9-15-11(20-16-9)7-4-6(12)5-8(10(7)13)17(18)19/h4-5,14H,2-3H2,1H3. The van der Waals surface area contributed by atoms with Gasteiger partial charge in [0.25, 0.3) is 5.89 Å². The van der Waals surface area contributed by atoms with Crippen LogP contribution in [0.5, 0.6) is 0 Å². The fraction of sp³-hybridized carbons (Fsp3) is 0.273. The van der Waals surface area contributed by atoms with Crippen molar-refractivity contribution in [1.29, 1.82) is 0 Å². The zero-order chi connectivity index (χ0) is 14.7. The van der Waals surface area contributed by atoms with E-state index in [9.17, 15) is 18.9 Å². The van der Waals surface area contributed by atoms with E-state index in [4.69, 9.17) is 4.52 Å². The summed E-state index contributed by atoms with van der Waals surface area (Å²) in [6.07, 6.45) is 0.430. The molecule has 0 saturated carbocycles. The molecule has 0 aliphatic heterocycles. The van der Waals surface area contributed by atoms with Crippen molar-refractivity contribution in [2.75, 3.05) is 13.6 Å². The summed E-state index contributed by atoms with van der Waals surface area (Å²) in [5.74, 6) is -2.17. The highest BCUT2D eigenvalue weighted by atomic mass is 19.1. The van der Waals surface area contributed by atoms with Gasteiger partial charge in [-0.15, -0.1) is 0 Å². The lowest BCUT2D eigenvalue weighted by atomic mass is 10.1. The molecular weight excluding hydrogens is 274 g/mol. The molecule has 0 amide bonds. The molecule has 1 aromatic heterocycles. The molecule has 0 unspecified atom stereocenters. The molecule has 0 aliphatic carbocycles. The predicted molar refractivity (Wildman–Crippen MR) is 63.9 cm³/mol. The topological polar surface area (TPSA) is 94.1 Å². The zero-order valence-electron chi connectivity index (χ0n) is 10.4. The number of halogens is 2. The summed E-state index contributed by atoms with van der Waals surface area (Å²) in [7, 11) is 1.73. The Labute approximate surface area is 111 Å². The monoisotopic (exact) mass is 284 g/mol. The molecule has 1 N–H and O–H groups in total. The van der Waals surface area contributed by atoms with Crippen molar-refractivity contribution in [1.82, 2.24) is 15.5 Å². The molecule has 9 heteroatoms. The van der Waals surface area contributed by atoms with Gasteiger partial charge in [-0.05, 0) is 13.1 Å². The highest BCUT2D eigenvalue weighted by molar-refractivity contribution is 5.59. The van der Waals surface area contributed by atoms with Crippen LogP contribution in [-0.4, -0.2) is 28.7 Å². The number of nitro benzene ring substituents is 1. The van der Waals surface area contributed by atoms with Crippen LogP contribution in [-0.2, 0) is 6.42 Å². The Bertz CT molecular complexity index is 645. The fourth-order valence-corrected chi connectivity index (χ4v) is 1.57. The summed E-state index contributed by atoms with van der Waals surface area (Å²) < 4.78 is 32.0. The highest BCUT2D eigenvalue weighted by Crippen LogP contribution is 2.29. The minimum Gasteiger partial charge on any atom is -0.334 e. The fourth-order valence-electron chi connectivity index (χ4n) is 1.57. The first-order valence-corrected chi connectivity index (χ1v) is 5.64. The Morgan fingerprint density at radius 3 is 2.85 bits per heavy atom. The second-order valence-corrected chi connectivity index (χ2v) is 3.91. The number of rotatable bonds is 5. The van der Waals surface area contributed by atoms with E-state index in [1.54, 1.807) is 7.05 Å². The summed E-state index contributed by atoms with van der Waals surface area (Å²) in [6.45, 7) is 0.574. The van der Waals surface area contributed by atoms with E-state index in [-0.39, 0.29) is 5.89 Å². The zero-order valence-corrected chi connectivity index (χ0v) is 10.4. The molecular formula is C11H10F2N4O3. The highest BCUT2D eigenvalue weighted by Gasteiger charge is 2.24. The number of likely N-dealkylation sites (N-methyl/N-ethyl adjacent to an activating group) is 1. The predicted octanol–water partition coefficient (Wildman–Crippen LogP) is 1.68. The average molecular weight is 284 g/mol. The van der Waals surface area contributed by atoms with Gasteiger partial charge in [0.15, 0.2) is 5.82 Å². The molecule has 2 rings (SSSR count). The van der Waals surface area contributed by atoms with Crippen LogP contribution in [0.3, 0.4) is 0 Å². The minimum absolute atomic E-state index is 0.292. The number of hydrogen-bond acceptors (Lipinski definition) is 6. The van der Waals surface area contributed by atoms with Gasteiger partial charge < -0.3 is 9.84 Å². The van der Waals surface area contributed by atoms with Gasteiger partial charge in [-0.1, -0.05) is 5.16 Å². The smallest absolute Gasteiger partial charge is 0.308 e. The lowest BCUT2D eigenvalue weighted by Gasteiger charge is -1.99. The number of nitrogens with one attached hydrogen (secondary N) is 1. The van der Waals surface area contributed by atoms with Gasteiger partial charge in [0.1, 0.15) is 5.82 Å². The summed E-state index contributed by atoms with van der Waals surface area (Å²) in [6, 6.07) is 1.27. The minimum atomic E-state index is -1.21. The van der Waals surface area contributed by atoms with E-state index in [0.29, 0.717) is 24.9 Å². The molecule has 0 saturated heterocycles. The Kier molecular flexibility index (Phi) is 3.99. The number of aromatic nitrogens is 2. The largest absolute Gasteiger partial charge is 0.334 e. The molecule has 1 heterocycles. The van der Waals surface area contributed by atoms with Crippen molar-refractivity contribution in [2.24, 2.45) is 0 Å². The maximum atomic E-state index is 13.9. The first-order chi connectivity index (χ1) is 9.52. The van der Waals surface area contributed by atoms with Crippen molar-refractivity contribution in [3.05, 3.63) is 39.7 Å². The second kappa shape index (κ2) is 5.70. The lowest BCUT2D eigenvalue weighted by molar-refractivity contribution is -0.387. The number of nitrogens with zero attached hydrogens (tertiary/aromatic N) is 3. The summed E-state index contributed by atoms with van der Waals surface area (Å²) in [5, 5.41) is 17.1. The van der Waals surface area contributed by atoms with Crippen LogP contribution in [0.1, 0.15) is 5.82 Å². The molecule has 0 atom stereocenters. The van der Waals surface area contributed by atoms with Gasteiger partial charge in [0.05, 0.1) is 16.6 Å². The Morgan fingerprint density at radius 1 is 1.45 bits per heavy atom. The van der Waals surface area contributed by atoms with Crippen molar-refractivity contribution in [3.63, 3.8) is 0 Å². The van der Waals surface area contributed by atoms with E-state index in [1.165, 1.54) is 0 Å². The van der Waals surface area contributed by atoms with E-state index >= 15 is 0 Å². The number of hydrogen-bond donors (Lipinski definition) is 1. The van der Waals surface area contributed by atoms with Crippen molar-refractivity contribution in [2.45, 2.75) is 6.42 Å². The van der Waals surface area contributed by atoms with Crippen LogP contribution >= 0.6 is 0 Å². The van der Waals surface area contributed by atoms with E-state index in [1.807, 2.05) is 0 Å². The number of nitro groups is 1. The maximum Gasteiger partial charge on any atom is 0.308 e. The van der Waals surface area contributed by atoms with E-state index < -0.39 is 27.8 Å². The molecule has 2 aromatic rings. The average Bonchev–Trinajstić information content (AvgIpc) is 2.87. The maximum absolute atomic E-state index is 13.9. The van der Waals surface area contributed by atoms with Gasteiger partial charge in [0.2, 0.25) is 5.82 Å². The lowest BCUT2D eigenvalue weighted by Crippen LogP contribution is -2.11. The van der Waals surface area contributed by atoms with Crippen LogP contribution in [0.2, 0.25) is 0 Å². The molecule has 0 bridgehead atoms. The van der Waals surface area contributed by atoms with Crippen LogP contribution in [0, 0.1) is 21.7 Å². The summed E-state index contributed by atoms with van der Waals surface area (Å²) >= 11 is 0. The Morgan fingerprint density at radius 2 is 2.20 bits per heavy atom. The molecule has 20 heavy (non-hydrogen) atoms. The van der Waals surface area contributed by atoms with Crippen LogP contribution in [0.15, 0.2) is 16.7 Å². The summed E-state index contributed by atoms with van der Waals surface area (Å²) in [4.78, 5) is 13.5. The molecule has 7 nitrogen and oxygen atoms in total.